The number of benzene rings is 1. The molecule has 3 rings (SSSR count). The van der Waals surface area contributed by atoms with E-state index in [0.29, 0.717) is 0 Å². The summed E-state index contributed by atoms with van der Waals surface area (Å²) in [5.41, 5.74) is 10.1. The van der Waals surface area contributed by atoms with Crippen molar-refractivity contribution in [2.24, 2.45) is 0 Å². The summed E-state index contributed by atoms with van der Waals surface area (Å²) >= 11 is 0. The molecule has 1 fully saturated rings. The number of nitrogen functional groups attached to an aromatic ring is 1. The van der Waals surface area contributed by atoms with Crippen molar-refractivity contribution in [1.82, 2.24) is 4.98 Å². The summed E-state index contributed by atoms with van der Waals surface area (Å²) in [4.78, 5) is 6.92. The van der Waals surface area contributed by atoms with Gasteiger partial charge in [0.15, 0.2) is 0 Å². The number of hydrogen-bond acceptors (Lipinski definition) is 3. The van der Waals surface area contributed by atoms with E-state index in [-0.39, 0.29) is 0 Å². The van der Waals surface area contributed by atoms with Gasteiger partial charge in [-0.3, -0.25) is 0 Å². The third-order valence-electron chi connectivity index (χ3n) is 3.61. The smallest absolute Gasteiger partial charge is 0.128 e. The summed E-state index contributed by atoms with van der Waals surface area (Å²) in [5, 5.41) is 0. The number of hydrogen-bond donors (Lipinski definition) is 1. The Balaban J connectivity index is 1.89. The van der Waals surface area contributed by atoms with Crippen LogP contribution < -0.4 is 10.6 Å². The van der Waals surface area contributed by atoms with Gasteiger partial charge < -0.3 is 10.6 Å². The summed E-state index contributed by atoms with van der Waals surface area (Å²) < 4.78 is 0. The van der Waals surface area contributed by atoms with Gasteiger partial charge in [0, 0.05) is 30.5 Å². The summed E-state index contributed by atoms with van der Waals surface area (Å²) in [5.74, 6) is 1.09. The quantitative estimate of drug-likeness (QED) is 0.835. The fourth-order valence-electron chi connectivity index (χ4n) is 2.67. The third-order valence-corrected chi connectivity index (χ3v) is 3.61. The zero-order valence-corrected chi connectivity index (χ0v) is 11.3. The van der Waals surface area contributed by atoms with Crippen molar-refractivity contribution < 1.29 is 0 Å². The molecular formula is C16H19N3. The molecule has 1 aromatic heterocycles. The maximum absolute atomic E-state index is 5.90. The lowest BCUT2D eigenvalue weighted by atomic mass is 10.0. The van der Waals surface area contributed by atoms with E-state index in [2.05, 4.69) is 35.0 Å². The van der Waals surface area contributed by atoms with Gasteiger partial charge in [0.2, 0.25) is 0 Å². The van der Waals surface area contributed by atoms with E-state index >= 15 is 0 Å². The molecule has 0 spiro atoms. The van der Waals surface area contributed by atoms with Crippen molar-refractivity contribution in [3.05, 3.63) is 42.1 Å². The third kappa shape index (κ3) is 2.55. The minimum absolute atomic E-state index is 0.804. The number of nitrogens with two attached hydrogens (primary N) is 1. The van der Waals surface area contributed by atoms with Crippen LogP contribution in [0.1, 0.15) is 18.4 Å². The molecule has 2 aromatic rings. The summed E-state index contributed by atoms with van der Waals surface area (Å²) in [6.07, 6.45) is 4.50. The fourth-order valence-corrected chi connectivity index (χ4v) is 2.67. The van der Waals surface area contributed by atoms with Crippen molar-refractivity contribution in [3.63, 3.8) is 0 Å². The standard InChI is InChI=1S/C16H19N3/c1-12-8-14(10-15(17)9-12)13-4-5-16(18-11-13)19-6-2-3-7-19/h4-5,8-11H,2-3,6-7,17H2,1H3. The molecule has 0 atom stereocenters. The molecule has 0 aliphatic carbocycles. The molecule has 0 unspecified atom stereocenters. The van der Waals surface area contributed by atoms with E-state index in [1.54, 1.807) is 0 Å². The second kappa shape index (κ2) is 4.92. The normalized spacial score (nSPS) is 14.9. The van der Waals surface area contributed by atoms with E-state index in [1.165, 1.54) is 18.4 Å². The lowest BCUT2D eigenvalue weighted by Gasteiger charge is -2.16. The molecule has 1 aliphatic heterocycles. The van der Waals surface area contributed by atoms with Crippen LogP contribution in [0.3, 0.4) is 0 Å². The van der Waals surface area contributed by atoms with Crippen molar-refractivity contribution >= 4 is 11.5 Å². The monoisotopic (exact) mass is 253 g/mol. The first kappa shape index (κ1) is 12.0. The number of anilines is 2. The van der Waals surface area contributed by atoms with Gasteiger partial charge in [-0.2, -0.15) is 0 Å². The maximum atomic E-state index is 5.90. The highest BCUT2D eigenvalue weighted by Crippen LogP contribution is 2.25. The van der Waals surface area contributed by atoms with Gasteiger partial charge in [-0.1, -0.05) is 6.07 Å². The molecule has 98 valence electrons. The van der Waals surface area contributed by atoms with E-state index in [4.69, 9.17) is 5.73 Å². The summed E-state index contributed by atoms with van der Waals surface area (Å²) in [6, 6.07) is 10.4. The van der Waals surface area contributed by atoms with E-state index in [9.17, 15) is 0 Å². The fraction of sp³-hybridized carbons (Fsp3) is 0.312. The molecular weight excluding hydrogens is 234 g/mol. The van der Waals surface area contributed by atoms with E-state index in [0.717, 1.165) is 35.7 Å². The highest BCUT2D eigenvalue weighted by atomic mass is 15.2. The Labute approximate surface area is 114 Å². The largest absolute Gasteiger partial charge is 0.399 e. The molecule has 0 amide bonds. The maximum Gasteiger partial charge on any atom is 0.128 e. The Morgan fingerprint density at radius 3 is 2.47 bits per heavy atom. The van der Waals surface area contributed by atoms with Crippen molar-refractivity contribution in [2.75, 3.05) is 23.7 Å². The van der Waals surface area contributed by atoms with Gasteiger partial charge >= 0.3 is 0 Å². The van der Waals surface area contributed by atoms with Crippen LogP contribution in [0.25, 0.3) is 11.1 Å². The van der Waals surface area contributed by atoms with Gasteiger partial charge in [0.1, 0.15) is 5.82 Å². The average Bonchev–Trinajstić information content (AvgIpc) is 2.91. The molecule has 3 heteroatoms. The molecule has 3 nitrogen and oxygen atoms in total. The zero-order valence-electron chi connectivity index (χ0n) is 11.3. The highest BCUT2D eigenvalue weighted by molar-refractivity contribution is 5.68. The van der Waals surface area contributed by atoms with E-state index < -0.39 is 0 Å². The van der Waals surface area contributed by atoms with Crippen LogP contribution in [0.2, 0.25) is 0 Å². The molecule has 1 saturated heterocycles. The van der Waals surface area contributed by atoms with Crippen LogP contribution in [0.4, 0.5) is 11.5 Å². The number of aromatic nitrogens is 1. The van der Waals surface area contributed by atoms with Crippen molar-refractivity contribution in [1.29, 1.82) is 0 Å². The second-order valence-electron chi connectivity index (χ2n) is 5.23. The molecule has 0 saturated carbocycles. The first-order valence-electron chi connectivity index (χ1n) is 6.81. The topological polar surface area (TPSA) is 42.1 Å². The number of rotatable bonds is 2. The second-order valence-corrected chi connectivity index (χ2v) is 5.23. The predicted octanol–water partition coefficient (Wildman–Crippen LogP) is 3.24. The van der Waals surface area contributed by atoms with Gasteiger partial charge in [0.05, 0.1) is 0 Å². The Bertz CT molecular complexity index is 549. The first-order chi connectivity index (χ1) is 9.22. The average molecular weight is 253 g/mol. The Hall–Kier alpha value is -2.03. The highest BCUT2D eigenvalue weighted by Gasteiger charge is 2.13. The van der Waals surface area contributed by atoms with Gasteiger partial charge in [0.25, 0.3) is 0 Å². The molecule has 2 N–H and O–H groups in total. The van der Waals surface area contributed by atoms with Gasteiger partial charge in [-0.15, -0.1) is 0 Å². The number of nitrogens with zero attached hydrogens (tertiary/aromatic N) is 2. The van der Waals surface area contributed by atoms with E-state index in [1.807, 2.05) is 18.3 Å². The van der Waals surface area contributed by atoms with Crippen molar-refractivity contribution in [2.45, 2.75) is 19.8 Å². The lowest BCUT2D eigenvalue weighted by Crippen LogP contribution is -2.18. The molecule has 0 radical (unpaired) electrons. The predicted molar refractivity (Wildman–Crippen MR) is 80.3 cm³/mol. The van der Waals surface area contributed by atoms with Crippen molar-refractivity contribution in [3.8, 4) is 11.1 Å². The minimum atomic E-state index is 0.804. The van der Waals surface area contributed by atoms with Gasteiger partial charge in [-0.25, -0.2) is 4.98 Å². The first-order valence-corrected chi connectivity index (χ1v) is 6.81. The number of pyridine rings is 1. The van der Waals surface area contributed by atoms with Crippen LogP contribution in [0, 0.1) is 6.92 Å². The lowest BCUT2D eigenvalue weighted by molar-refractivity contribution is 0.938. The van der Waals surface area contributed by atoms with Gasteiger partial charge in [-0.05, 0) is 55.2 Å². The van der Waals surface area contributed by atoms with Crippen LogP contribution in [0.15, 0.2) is 36.5 Å². The Kier molecular flexibility index (Phi) is 3.11. The Morgan fingerprint density at radius 1 is 1.05 bits per heavy atom. The van der Waals surface area contributed by atoms with Crippen LogP contribution in [-0.2, 0) is 0 Å². The SMILES string of the molecule is Cc1cc(N)cc(-c2ccc(N3CCCC3)nc2)c1. The Morgan fingerprint density at radius 2 is 1.84 bits per heavy atom. The molecule has 1 aromatic carbocycles. The van der Waals surface area contributed by atoms with Crippen LogP contribution >= 0.6 is 0 Å². The summed E-state index contributed by atoms with van der Waals surface area (Å²) in [7, 11) is 0. The molecule has 2 heterocycles. The number of aryl methyl sites for hydroxylation is 1. The summed E-state index contributed by atoms with van der Waals surface area (Å²) in [6.45, 7) is 4.32. The van der Waals surface area contributed by atoms with Crippen LogP contribution in [0.5, 0.6) is 0 Å². The molecule has 1 aliphatic rings. The zero-order chi connectivity index (χ0) is 13.2. The molecule has 0 bridgehead atoms. The minimum Gasteiger partial charge on any atom is -0.399 e. The molecule has 19 heavy (non-hydrogen) atoms. The van der Waals surface area contributed by atoms with Crippen LogP contribution in [-0.4, -0.2) is 18.1 Å².